The fraction of sp³-hybridized carbons (Fsp3) is 0.583. The zero-order valence-electron chi connectivity index (χ0n) is 7.75. The first-order valence-corrected chi connectivity index (χ1v) is 5.23. The molecule has 0 N–H and O–H groups in total. The maximum atomic E-state index is 11.2. The van der Waals surface area contributed by atoms with Gasteiger partial charge in [-0.2, -0.15) is 0 Å². The van der Waals surface area contributed by atoms with Gasteiger partial charge in [-0.05, 0) is 50.2 Å². The highest BCUT2D eigenvalue weighted by molar-refractivity contribution is 6.01. The van der Waals surface area contributed by atoms with Crippen molar-refractivity contribution < 1.29 is 4.79 Å². The maximum absolute atomic E-state index is 11.2. The van der Waals surface area contributed by atoms with E-state index in [0.29, 0.717) is 5.41 Å². The van der Waals surface area contributed by atoms with Gasteiger partial charge in [0.2, 0.25) is 0 Å². The lowest BCUT2D eigenvalue weighted by Gasteiger charge is -2.35. The van der Waals surface area contributed by atoms with Crippen LogP contribution < -0.4 is 0 Å². The molecule has 2 bridgehead atoms. The van der Waals surface area contributed by atoms with E-state index in [9.17, 15) is 4.79 Å². The fourth-order valence-corrected chi connectivity index (χ4v) is 3.26. The summed E-state index contributed by atoms with van der Waals surface area (Å²) in [5.41, 5.74) is 1.75. The van der Waals surface area contributed by atoms with Crippen LogP contribution in [0.15, 0.2) is 23.8 Å². The molecular weight excluding hydrogens is 160 g/mol. The van der Waals surface area contributed by atoms with E-state index in [2.05, 4.69) is 6.08 Å². The summed E-state index contributed by atoms with van der Waals surface area (Å²) in [5, 5.41) is 0. The summed E-state index contributed by atoms with van der Waals surface area (Å²) in [5.74, 6) is 1.14. The Kier molecular flexibility index (Phi) is 1.36. The van der Waals surface area contributed by atoms with Crippen molar-refractivity contribution in [2.45, 2.75) is 32.1 Å². The highest BCUT2D eigenvalue weighted by atomic mass is 16.1. The second-order valence-corrected chi connectivity index (χ2v) is 4.71. The second kappa shape index (κ2) is 2.34. The molecule has 2 fully saturated rings. The minimum absolute atomic E-state index is 0.200. The van der Waals surface area contributed by atoms with Crippen LogP contribution in [0.1, 0.15) is 32.1 Å². The Hall–Kier alpha value is -0.850. The minimum Gasteiger partial charge on any atom is -0.290 e. The van der Waals surface area contributed by atoms with Gasteiger partial charge in [-0.25, -0.2) is 0 Å². The third-order valence-electron chi connectivity index (χ3n) is 4.00. The van der Waals surface area contributed by atoms with Crippen LogP contribution in [0, 0.1) is 11.3 Å². The number of ketones is 1. The minimum atomic E-state index is 0.200. The molecule has 2 atom stereocenters. The highest BCUT2D eigenvalue weighted by Crippen LogP contribution is 2.56. The lowest BCUT2D eigenvalue weighted by molar-refractivity contribution is -0.110. The fourth-order valence-electron chi connectivity index (χ4n) is 3.26. The smallest absolute Gasteiger partial charge is 0.178 e. The van der Waals surface area contributed by atoms with Crippen LogP contribution in [0.4, 0.5) is 0 Å². The van der Waals surface area contributed by atoms with Gasteiger partial charge < -0.3 is 0 Å². The molecule has 3 aliphatic rings. The molecule has 0 aromatic rings. The van der Waals surface area contributed by atoms with E-state index >= 15 is 0 Å². The summed E-state index contributed by atoms with van der Waals surface area (Å²) in [4.78, 5) is 11.2. The quantitative estimate of drug-likeness (QED) is 0.551. The molecule has 0 radical (unpaired) electrons. The zero-order chi connectivity index (χ0) is 8.89. The normalized spacial score (nSPS) is 41.7. The van der Waals surface area contributed by atoms with Crippen LogP contribution >= 0.6 is 0 Å². The van der Waals surface area contributed by atoms with E-state index in [4.69, 9.17) is 0 Å². The molecule has 0 unspecified atom stereocenters. The van der Waals surface area contributed by atoms with Crippen molar-refractivity contribution in [1.29, 1.82) is 0 Å². The van der Waals surface area contributed by atoms with Gasteiger partial charge in [0.1, 0.15) is 0 Å². The Balaban J connectivity index is 2.06. The van der Waals surface area contributed by atoms with Crippen LogP contribution in [0.5, 0.6) is 0 Å². The SMILES string of the molecule is O=C1C=C[C@]23CC[C@@H](CCC2=C1)C3. The van der Waals surface area contributed by atoms with Crippen molar-refractivity contribution in [2.75, 3.05) is 0 Å². The second-order valence-electron chi connectivity index (χ2n) is 4.71. The van der Waals surface area contributed by atoms with Gasteiger partial charge in [0.15, 0.2) is 5.78 Å². The maximum Gasteiger partial charge on any atom is 0.178 e. The Morgan fingerprint density at radius 3 is 3.23 bits per heavy atom. The lowest BCUT2D eigenvalue weighted by Crippen LogP contribution is -2.24. The van der Waals surface area contributed by atoms with E-state index < -0.39 is 0 Å². The molecule has 0 aromatic heterocycles. The van der Waals surface area contributed by atoms with Gasteiger partial charge in [-0.3, -0.25) is 4.79 Å². The predicted molar refractivity (Wildman–Crippen MR) is 51.2 cm³/mol. The molecular formula is C12H14O. The first-order valence-electron chi connectivity index (χ1n) is 5.23. The molecule has 68 valence electrons. The summed E-state index contributed by atoms with van der Waals surface area (Å²) < 4.78 is 0. The van der Waals surface area contributed by atoms with Crippen LogP contribution in [-0.2, 0) is 4.79 Å². The monoisotopic (exact) mass is 174 g/mol. The number of fused-ring (bicyclic) bond motifs is 1. The molecule has 1 spiro atoms. The number of hydrogen-bond acceptors (Lipinski definition) is 1. The largest absolute Gasteiger partial charge is 0.290 e. The standard InChI is InChI=1S/C12H14O/c13-11-4-6-12-5-3-9(8-12)1-2-10(12)7-11/h4,6-7,9H,1-3,5,8H2/t9-,12+/m1/s1. The third kappa shape index (κ3) is 0.962. The van der Waals surface area contributed by atoms with Gasteiger partial charge in [-0.1, -0.05) is 11.6 Å². The third-order valence-corrected chi connectivity index (χ3v) is 4.00. The molecule has 2 saturated carbocycles. The van der Waals surface area contributed by atoms with Gasteiger partial charge >= 0.3 is 0 Å². The van der Waals surface area contributed by atoms with Crippen molar-refractivity contribution in [1.82, 2.24) is 0 Å². The average molecular weight is 174 g/mol. The number of allylic oxidation sites excluding steroid dienone is 4. The van der Waals surface area contributed by atoms with E-state index in [1.54, 1.807) is 6.08 Å². The number of hydrogen-bond donors (Lipinski definition) is 0. The Morgan fingerprint density at radius 1 is 1.38 bits per heavy atom. The van der Waals surface area contributed by atoms with Crippen molar-refractivity contribution in [3.8, 4) is 0 Å². The molecule has 3 aliphatic carbocycles. The number of rotatable bonds is 0. The summed E-state index contributed by atoms with van der Waals surface area (Å²) in [7, 11) is 0. The Bertz CT molecular complexity index is 324. The van der Waals surface area contributed by atoms with Crippen molar-refractivity contribution in [3.63, 3.8) is 0 Å². The molecule has 13 heavy (non-hydrogen) atoms. The average Bonchev–Trinajstić information content (AvgIpc) is 2.46. The predicted octanol–water partition coefficient (Wildman–Crippen LogP) is 2.63. The molecule has 0 heterocycles. The van der Waals surface area contributed by atoms with Crippen molar-refractivity contribution >= 4 is 5.78 Å². The molecule has 0 amide bonds. The van der Waals surface area contributed by atoms with Crippen molar-refractivity contribution in [2.24, 2.45) is 11.3 Å². The summed E-state index contributed by atoms with van der Waals surface area (Å²) in [6.45, 7) is 0. The Labute approximate surface area is 78.5 Å². The van der Waals surface area contributed by atoms with Crippen LogP contribution in [0.2, 0.25) is 0 Å². The zero-order valence-corrected chi connectivity index (χ0v) is 7.75. The van der Waals surface area contributed by atoms with E-state index in [1.165, 1.54) is 37.7 Å². The topological polar surface area (TPSA) is 17.1 Å². The first-order chi connectivity index (χ1) is 6.28. The van der Waals surface area contributed by atoms with Gasteiger partial charge in [-0.15, -0.1) is 0 Å². The number of carbonyl (C=O) groups excluding carboxylic acids is 1. The molecule has 0 saturated heterocycles. The van der Waals surface area contributed by atoms with Crippen LogP contribution in [-0.4, -0.2) is 5.78 Å². The molecule has 0 aliphatic heterocycles. The van der Waals surface area contributed by atoms with E-state index in [-0.39, 0.29) is 5.78 Å². The lowest BCUT2D eigenvalue weighted by atomic mass is 9.69. The van der Waals surface area contributed by atoms with Gasteiger partial charge in [0.25, 0.3) is 0 Å². The number of carbonyl (C=O) groups is 1. The Morgan fingerprint density at radius 2 is 2.31 bits per heavy atom. The molecule has 1 heteroatoms. The van der Waals surface area contributed by atoms with Crippen LogP contribution in [0.3, 0.4) is 0 Å². The van der Waals surface area contributed by atoms with Crippen molar-refractivity contribution in [3.05, 3.63) is 23.8 Å². The van der Waals surface area contributed by atoms with Gasteiger partial charge in [0, 0.05) is 5.41 Å². The molecule has 0 aromatic carbocycles. The van der Waals surface area contributed by atoms with Gasteiger partial charge in [0.05, 0.1) is 0 Å². The first kappa shape index (κ1) is 7.54. The van der Waals surface area contributed by atoms with E-state index in [0.717, 1.165) is 5.92 Å². The summed E-state index contributed by atoms with van der Waals surface area (Å²) in [6.07, 6.45) is 12.3. The van der Waals surface area contributed by atoms with Crippen LogP contribution in [0.25, 0.3) is 0 Å². The summed E-state index contributed by atoms with van der Waals surface area (Å²) in [6, 6.07) is 0. The van der Waals surface area contributed by atoms with E-state index in [1.807, 2.05) is 6.08 Å². The molecule has 3 rings (SSSR count). The summed E-state index contributed by atoms with van der Waals surface area (Å²) >= 11 is 0. The molecule has 1 nitrogen and oxygen atoms in total. The highest BCUT2D eigenvalue weighted by Gasteiger charge is 2.44.